The first-order chi connectivity index (χ1) is 15.5. The molecule has 0 aliphatic heterocycles. The van der Waals surface area contributed by atoms with Gasteiger partial charge in [-0.3, -0.25) is 4.79 Å². The van der Waals surface area contributed by atoms with Crippen LogP contribution < -0.4 is 24.4 Å². The van der Waals surface area contributed by atoms with Gasteiger partial charge in [0.2, 0.25) is 0 Å². The van der Waals surface area contributed by atoms with Gasteiger partial charge in [0, 0.05) is 5.56 Å². The lowest BCUT2D eigenvalue weighted by atomic mass is 10.2. The fraction of sp³-hybridized carbons (Fsp3) is 0.125. The number of carbonyl (C=O) groups excluding carboxylic acids is 2. The second kappa shape index (κ2) is 10.6. The van der Waals surface area contributed by atoms with Gasteiger partial charge in [-0.2, -0.15) is 5.10 Å². The lowest BCUT2D eigenvalue weighted by Gasteiger charge is -2.08. The molecule has 0 bridgehead atoms. The average molecular weight is 434 g/mol. The van der Waals surface area contributed by atoms with E-state index in [1.807, 2.05) is 0 Å². The molecule has 8 nitrogen and oxygen atoms in total. The van der Waals surface area contributed by atoms with Crippen molar-refractivity contribution in [2.24, 2.45) is 5.10 Å². The second-order valence-electron chi connectivity index (χ2n) is 6.46. The van der Waals surface area contributed by atoms with E-state index in [2.05, 4.69) is 10.5 Å². The van der Waals surface area contributed by atoms with Crippen LogP contribution in [0.15, 0.2) is 71.8 Å². The van der Waals surface area contributed by atoms with E-state index in [0.29, 0.717) is 39.7 Å². The van der Waals surface area contributed by atoms with Crippen molar-refractivity contribution in [3.8, 4) is 23.0 Å². The number of hydrazone groups is 1. The topological polar surface area (TPSA) is 95.5 Å². The third kappa shape index (κ3) is 5.63. The number of nitrogens with one attached hydrogen (secondary N) is 1. The van der Waals surface area contributed by atoms with Crippen molar-refractivity contribution in [3.05, 3.63) is 83.4 Å². The van der Waals surface area contributed by atoms with Crippen molar-refractivity contribution >= 4 is 18.1 Å². The predicted molar refractivity (Wildman–Crippen MR) is 119 cm³/mol. The molecule has 0 unspecified atom stereocenters. The first-order valence-corrected chi connectivity index (χ1v) is 9.55. The third-order valence-corrected chi connectivity index (χ3v) is 4.44. The van der Waals surface area contributed by atoms with E-state index in [4.69, 9.17) is 18.9 Å². The molecule has 0 radical (unpaired) electrons. The molecule has 3 aromatic carbocycles. The highest BCUT2D eigenvalue weighted by molar-refractivity contribution is 5.95. The van der Waals surface area contributed by atoms with Crippen molar-refractivity contribution in [3.63, 3.8) is 0 Å². The summed E-state index contributed by atoms with van der Waals surface area (Å²) in [5.74, 6) is 1.15. The van der Waals surface area contributed by atoms with Crippen LogP contribution >= 0.6 is 0 Å². The minimum absolute atomic E-state index is 0.376. The summed E-state index contributed by atoms with van der Waals surface area (Å²) < 4.78 is 20.8. The number of esters is 1. The molecule has 0 spiro atoms. The van der Waals surface area contributed by atoms with Crippen molar-refractivity contribution in [2.75, 3.05) is 21.3 Å². The Morgan fingerprint density at radius 3 is 2.00 bits per heavy atom. The maximum absolute atomic E-state index is 12.3. The standard InChI is InChI=1S/C24H22N2O6/c1-29-19-11-6-17(7-12-19)24(28)32-20-9-4-16(5-10-20)15-25-26-23(27)18-8-13-21(30-2)22(14-18)31-3/h4-15H,1-3H3,(H,26,27). The van der Waals surface area contributed by atoms with Crippen LogP contribution in [0.3, 0.4) is 0 Å². The van der Waals surface area contributed by atoms with Crippen LogP contribution in [-0.2, 0) is 0 Å². The van der Waals surface area contributed by atoms with E-state index in [1.54, 1.807) is 73.8 Å². The van der Waals surface area contributed by atoms with E-state index in [9.17, 15) is 9.59 Å². The van der Waals surface area contributed by atoms with Crippen molar-refractivity contribution in [2.45, 2.75) is 0 Å². The number of benzene rings is 3. The smallest absolute Gasteiger partial charge is 0.343 e. The summed E-state index contributed by atoms with van der Waals surface area (Å²) >= 11 is 0. The van der Waals surface area contributed by atoms with Gasteiger partial charge in [0.1, 0.15) is 11.5 Å². The first-order valence-electron chi connectivity index (χ1n) is 9.55. The minimum Gasteiger partial charge on any atom is -0.497 e. The van der Waals surface area contributed by atoms with Crippen molar-refractivity contribution in [1.82, 2.24) is 5.43 Å². The van der Waals surface area contributed by atoms with Gasteiger partial charge < -0.3 is 18.9 Å². The van der Waals surface area contributed by atoms with Gasteiger partial charge in [0.15, 0.2) is 11.5 Å². The van der Waals surface area contributed by atoms with Gasteiger partial charge in [0.05, 0.1) is 33.1 Å². The fourth-order valence-corrected chi connectivity index (χ4v) is 2.72. The van der Waals surface area contributed by atoms with Gasteiger partial charge in [-0.1, -0.05) is 0 Å². The van der Waals surface area contributed by atoms with E-state index < -0.39 is 11.9 Å². The summed E-state index contributed by atoms with van der Waals surface area (Å²) in [6.07, 6.45) is 1.48. The summed E-state index contributed by atoms with van der Waals surface area (Å²) in [6.45, 7) is 0. The molecule has 3 rings (SSSR count). The molecule has 32 heavy (non-hydrogen) atoms. The molecule has 1 N–H and O–H groups in total. The van der Waals surface area contributed by atoms with Gasteiger partial charge in [-0.15, -0.1) is 0 Å². The Kier molecular flexibility index (Phi) is 7.42. The Hall–Kier alpha value is -4.33. The molecule has 0 fully saturated rings. The Labute approximate surface area is 185 Å². The van der Waals surface area contributed by atoms with Gasteiger partial charge >= 0.3 is 5.97 Å². The highest BCUT2D eigenvalue weighted by atomic mass is 16.5. The fourth-order valence-electron chi connectivity index (χ4n) is 2.72. The zero-order valence-corrected chi connectivity index (χ0v) is 17.8. The van der Waals surface area contributed by atoms with E-state index in [1.165, 1.54) is 20.4 Å². The molecular weight excluding hydrogens is 412 g/mol. The Bertz CT molecular complexity index is 1110. The van der Waals surface area contributed by atoms with E-state index in [0.717, 1.165) is 0 Å². The maximum atomic E-state index is 12.3. The Balaban J connectivity index is 1.56. The molecule has 0 saturated heterocycles. The Morgan fingerprint density at radius 1 is 0.750 bits per heavy atom. The van der Waals surface area contributed by atoms with Crippen LogP contribution in [0, 0.1) is 0 Å². The first kappa shape index (κ1) is 22.4. The zero-order chi connectivity index (χ0) is 22.9. The predicted octanol–water partition coefficient (Wildman–Crippen LogP) is 3.70. The van der Waals surface area contributed by atoms with Crippen LogP contribution in [0.25, 0.3) is 0 Å². The Morgan fingerprint density at radius 2 is 1.38 bits per heavy atom. The van der Waals surface area contributed by atoms with Crippen molar-refractivity contribution < 1.29 is 28.5 Å². The molecule has 0 heterocycles. The normalized spacial score (nSPS) is 10.5. The maximum Gasteiger partial charge on any atom is 0.343 e. The SMILES string of the molecule is COc1ccc(C(=O)Oc2ccc(C=NNC(=O)c3ccc(OC)c(OC)c3)cc2)cc1. The molecular formula is C24H22N2O6. The monoisotopic (exact) mass is 434 g/mol. The number of hydrogen-bond acceptors (Lipinski definition) is 7. The molecule has 0 saturated carbocycles. The summed E-state index contributed by atoms with van der Waals surface area (Å²) in [7, 11) is 4.57. The lowest BCUT2D eigenvalue weighted by Crippen LogP contribution is -2.17. The molecule has 0 aromatic heterocycles. The van der Waals surface area contributed by atoms with Gasteiger partial charge in [-0.25, -0.2) is 10.2 Å². The minimum atomic E-state index is -0.476. The number of methoxy groups -OCH3 is 3. The third-order valence-electron chi connectivity index (χ3n) is 4.44. The molecule has 0 aliphatic rings. The molecule has 0 aliphatic carbocycles. The van der Waals surface area contributed by atoms with Gasteiger partial charge in [-0.05, 0) is 72.3 Å². The molecule has 8 heteroatoms. The number of ether oxygens (including phenoxy) is 4. The highest BCUT2D eigenvalue weighted by Crippen LogP contribution is 2.27. The van der Waals surface area contributed by atoms with Crippen LogP contribution in [0.2, 0.25) is 0 Å². The average Bonchev–Trinajstić information content (AvgIpc) is 2.84. The molecule has 0 atom stereocenters. The summed E-state index contributed by atoms with van der Waals surface area (Å²) in [6, 6.07) is 18.1. The summed E-state index contributed by atoms with van der Waals surface area (Å²) in [5, 5.41) is 3.95. The highest BCUT2D eigenvalue weighted by Gasteiger charge is 2.10. The van der Waals surface area contributed by atoms with E-state index >= 15 is 0 Å². The zero-order valence-electron chi connectivity index (χ0n) is 17.8. The summed E-state index contributed by atoms with van der Waals surface area (Å²) in [5.41, 5.74) is 3.95. The number of carbonyl (C=O) groups is 2. The summed E-state index contributed by atoms with van der Waals surface area (Å²) in [4.78, 5) is 24.5. The van der Waals surface area contributed by atoms with E-state index in [-0.39, 0.29) is 0 Å². The van der Waals surface area contributed by atoms with Crippen LogP contribution in [0.5, 0.6) is 23.0 Å². The van der Waals surface area contributed by atoms with Crippen LogP contribution in [0.4, 0.5) is 0 Å². The molecule has 164 valence electrons. The number of amides is 1. The number of hydrogen-bond donors (Lipinski definition) is 1. The van der Waals surface area contributed by atoms with Gasteiger partial charge in [0.25, 0.3) is 5.91 Å². The largest absolute Gasteiger partial charge is 0.497 e. The lowest BCUT2D eigenvalue weighted by molar-refractivity contribution is 0.0734. The van der Waals surface area contributed by atoms with Crippen LogP contribution in [-0.4, -0.2) is 39.4 Å². The second-order valence-corrected chi connectivity index (χ2v) is 6.46. The quantitative estimate of drug-likeness (QED) is 0.251. The molecule has 1 amide bonds. The number of nitrogens with zero attached hydrogens (tertiary/aromatic N) is 1. The van der Waals surface area contributed by atoms with Crippen molar-refractivity contribution in [1.29, 1.82) is 0 Å². The number of rotatable bonds is 8. The molecule has 3 aromatic rings. The van der Waals surface area contributed by atoms with Crippen LogP contribution in [0.1, 0.15) is 26.3 Å².